The van der Waals surface area contributed by atoms with Crippen LogP contribution in [-0.4, -0.2) is 24.4 Å². The topological polar surface area (TPSA) is 52.6 Å². The van der Waals surface area contributed by atoms with Crippen LogP contribution in [0.4, 0.5) is 0 Å². The number of hydrogen-bond acceptors (Lipinski definition) is 4. The molecule has 0 bridgehead atoms. The van der Waals surface area contributed by atoms with E-state index in [1.165, 1.54) is 12.5 Å². The van der Waals surface area contributed by atoms with Gasteiger partial charge in [-0.2, -0.15) is 0 Å². The lowest BCUT2D eigenvalue weighted by atomic mass is 10.3. The van der Waals surface area contributed by atoms with E-state index < -0.39 is 16.8 Å². The lowest BCUT2D eigenvalue weighted by molar-refractivity contribution is -0.134. The van der Waals surface area contributed by atoms with E-state index in [0.29, 0.717) is 10.6 Å². The molecule has 0 aliphatic carbocycles. The van der Waals surface area contributed by atoms with E-state index >= 15 is 0 Å². The summed E-state index contributed by atoms with van der Waals surface area (Å²) in [5.74, 6) is 0.166. The van der Waals surface area contributed by atoms with Gasteiger partial charge in [0.15, 0.2) is 0 Å². The van der Waals surface area contributed by atoms with Gasteiger partial charge in [-0.05, 0) is 24.3 Å². The Morgan fingerprint density at radius 3 is 2.38 bits per heavy atom. The Labute approximate surface area is 96.3 Å². The summed E-state index contributed by atoms with van der Waals surface area (Å²) in [6, 6.07) is 6.77. The second-order valence-corrected chi connectivity index (χ2v) is 4.14. The Hall–Kier alpha value is -1.62. The van der Waals surface area contributed by atoms with Crippen LogP contribution in [0.2, 0.25) is 0 Å². The van der Waals surface area contributed by atoms with Gasteiger partial charge in [-0.3, -0.25) is 0 Å². The van der Waals surface area contributed by atoms with Gasteiger partial charge in [0.05, 0.1) is 25.0 Å². The van der Waals surface area contributed by atoms with Gasteiger partial charge in [0.1, 0.15) is 5.75 Å². The zero-order chi connectivity index (χ0) is 12.0. The smallest absolute Gasteiger partial charge is 0.331 e. The molecule has 16 heavy (non-hydrogen) atoms. The number of carbonyl (C=O) groups excluding carboxylic acids is 1. The van der Waals surface area contributed by atoms with Crippen LogP contribution >= 0.6 is 0 Å². The van der Waals surface area contributed by atoms with E-state index in [1.807, 2.05) is 0 Å². The third-order valence-corrected chi connectivity index (χ3v) is 2.94. The maximum absolute atomic E-state index is 11.6. The monoisotopic (exact) mass is 240 g/mol. The molecule has 4 nitrogen and oxygen atoms in total. The second-order valence-electron chi connectivity index (χ2n) is 2.80. The standard InChI is InChI=1S/C11H12O4S/c1-14-9-3-5-10(6-4-9)16(13)8-7-11(12)15-2/h3-8H,1-2H3/b8-7+. The van der Waals surface area contributed by atoms with E-state index in [9.17, 15) is 9.00 Å². The summed E-state index contributed by atoms with van der Waals surface area (Å²) in [6.45, 7) is 0. The summed E-state index contributed by atoms with van der Waals surface area (Å²) in [6.07, 6.45) is 1.14. The van der Waals surface area contributed by atoms with Crippen LogP contribution < -0.4 is 4.74 Å². The van der Waals surface area contributed by atoms with E-state index in [-0.39, 0.29) is 0 Å². The molecule has 0 aliphatic rings. The third kappa shape index (κ3) is 3.51. The Morgan fingerprint density at radius 2 is 1.88 bits per heavy atom. The summed E-state index contributed by atoms with van der Waals surface area (Å²) < 4.78 is 21.0. The van der Waals surface area contributed by atoms with Crippen molar-refractivity contribution in [3.05, 3.63) is 35.7 Å². The largest absolute Gasteiger partial charge is 0.497 e. The van der Waals surface area contributed by atoms with Gasteiger partial charge < -0.3 is 9.47 Å². The molecule has 0 amide bonds. The first-order valence-electron chi connectivity index (χ1n) is 4.48. The molecule has 1 aromatic carbocycles. The van der Waals surface area contributed by atoms with Crippen molar-refractivity contribution in [3.8, 4) is 5.75 Å². The molecular weight excluding hydrogens is 228 g/mol. The van der Waals surface area contributed by atoms with Gasteiger partial charge in [0.2, 0.25) is 0 Å². The van der Waals surface area contributed by atoms with Gasteiger partial charge in [-0.15, -0.1) is 0 Å². The highest BCUT2D eigenvalue weighted by Gasteiger charge is 2.01. The van der Waals surface area contributed by atoms with Crippen LogP contribution in [-0.2, 0) is 20.3 Å². The molecule has 0 N–H and O–H groups in total. The van der Waals surface area contributed by atoms with Crippen molar-refractivity contribution in [1.29, 1.82) is 0 Å². The molecule has 5 heteroatoms. The summed E-state index contributed by atoms with van der Waals surface area (Å²) in [7, 11) is 1.47. The molecule has 0 spiro atoms. The molecule has 1 aromatic rings. The predicted molar refractivity (Wildman–Crippen MR) is 60.6 cm³/mol. The summed E-state index contributed by atoms with van der Waals surface area (Å²) in [4.78, 5) is 11.4. The lowest BCUT2D eigenvalue weighted by Crippen LogP contribution is -1.95. The van der Waals surface area contributed by atoms with Crippen LogP contribution in [0.3, 0.4) is 0 Å². The molecular formula is C11H12O4S. The lowest BCUT2D eigenvalue weighted by Gasteiger charge is -2.00. The molecule has 86 valence electrons. The van der Waals surface area contributed by atoms with Crippen molar-refractivity contribution in [2.45, 2.75) is 4.90 Å². The van der Waals surface area contributed by atoms with Gasteiger partial charge in [0, 0.05) is 16.4 Å². The summed E-state index contributed by atoms with van der Waals surface area (Å²) >= 11 is 0. The first-order valence-corrected chi connectivity index (χ1v) is 5.69. The zero-order valence-electron chi connectivity index (χ0n) is 9.01. The maximum atomic E-state index is 11.6. The van der Waals surface area contributed by atoms with Crippen molar-refractivity contribution in [2.24, 2.45) is 0 Å². The fourth-order valence-electron chi connectivity index (χ4n) is 0.974. The highest BCUT2D eigenvalue weighted by atomic mass is 32.2. The molecule has 0 aromatic heterocycles. The van der Waals surface area contributed by atoms with Crippen LogP contribution in [0, 0.1) is 0 Å². The second kappa shape index (κ2) is 6.07. The van der Waals surface area contributed by atoms with Crippen molar-refractivity contribution >= 4 is 16.8 Å². The highest BCUT2D eigenvalue weighted by Crippen LogP contribution is 2.14. The molecule has 0 saturated carbocycles. The summed E-state index contributed by atoms with van der Waals surface area (Å²) in [5.41, 5.74) is 0. The predicted octanol–water partition coefficient (Wildman–Crippen LogP) is 1.49. The molecule has 0 heterocycles. The minimum absolute atomic E-state index is 0.526. The third-order valence-electron chi connectivity index (χ3n) is 1.82. The number of methoxy groups -OCH3 is 2. The fraction of sp³-hybridized carbons (Fsp3) is 0.182. The number of ether oxygens (including phenoxy) is 2. The maximum Gasteiger partial charge on any atom is 0.331 e. The van der Waals surface area contributed by atoms with Crippen molar-refractivity contribution in [2.75, 3.05) is 14.2 Å². The van der Waals surface area contributed by atoms with Gasteiger partial charge in [-0.25, -0.2) is 9.00 Å². The average Bonchev–Trinajstić information content (AvgIpc) is 2.35. The molecule has 1 atom stereocenters. The number of esters is 1. The highest BCUT2D eigenvalue weighted by molar-refractivity contribution is 7.88. The Balaban J connectivity index is 2.73. The fourth-order valence-corrected chi connectivity index (χ4v) is 1.77. The molecule has 1 unspecified atom stereocenters. The molecule has 0 radical (unpaired) electrons. The molecule has 0 fully saturated rings. The van der Waals surface area contributed by atoms with Crippen molar-refractivity contribution in [1.82, 2.24) is 0 Å². The first kappa shape index (κ1) is 12.4. The Bertz CT molecular complexity index is 408. The zero-order valence-corrected chi connectivity index (χ0v) is 9.82. The quantitative estimate of drug-likeness (QED) is 0.591. The minimum atomic E-state index is -1.35. The van der Waals surface area contributed by atoms with E-state index in [4.69, 9.17) is 4.74 Å². The van der Waals surface area contributed by atoms with Crippen LogP contribution in [0.15, 0.2) is 40.6 Å². The normalized spacial score (nSPS) is 12.4. The average molecular weight is 240 g/mol. The Morgan fingerprint density at radius 1 is 1.25 bits per heavy atom. The van der Waals surface area contributed by atoms with E-state index in [2.05, 4.69) is 4.74 Å². The first-order chi connectivity index (χ1) is 7.67. The van der Waals surface area contributed by atoms with E-state index in [1.54, 1.807) is 31.4 Å². The molecule has 1 rings (SSSR count). The van der Waals surface area contributed by atoms with Gasteiger partial charge in [0.25, 0.3) is 0 Å². The number of rotatable bonds is 4. The van der Waals surface area contributed by atoms with Crippen LogP contribution in [0.25, 0.3) is 0 Å². The van der Waals surface area contributed by atoms with Gasteiger partial charge >= 0.3 is 5.97 Å². The van der Waals surface area contributed by atoms with E-state index in [0.717, 1.165) is 6.08 Å². The number of hydrogen-bond donors (Lipinski definition) is 0. The van der Waals surface area contributed by atoms with Gasteiger partial charge in [-0.1, -0.05) is 0 Å². The minimum Gasteiger partial charge on any atom is -0.497 e. The van der Waals surface area contributed by atoms with Crippen molar-refractivity contribution < 1.29 is 18.5 Å². The molecule has 0 saturated heterocycles. The van der Waals surface area contributed by atoms with Crippen LogP contribution in [0.1, 0.15) is 0 Å². The number of carbonyl (C=O) groups is 1. The number of benzene rings is 1. The van der Waals surface area contributed by atoms with Crippen LogP contribution in [0.5, 0.6) is 5.75 Å². The van der Waals surface area contributed by atoms with Crippen molar-refractivity contribution in [3.63, 3.8) is 0 Å². The summed E-state index contributed by atoms with van der Waals surface area (Å²) in [5, 5.41) is 1.29. The Kier molecular flexibility index (Phi) is 4.72. The SMILES string of the molecule is COC(=O)/C=C/S(=O)c1ccc(OC)cc1. The molecule has 0 aliphatic heterocycles.